The van der Waals surface area contributed by atoms with Crippen LogP contribution in [0.5, 0.6) is 0 Å². The summed E-state index contributed by atoms with van der Waals surface area (Å²) in [6, 6.07) is 53.0. The molecule has 5 fully saturated rings. The Bertz CT molecular complexity index is 2800. The lowest BCUT2D eigenvalue weighted by Gasteiger charge is -2.22. The first kappa shape index (κ1) is 49.2. The standard InChI is InChI=1S/C19H16N2O4.C19H18N2O3.C19H20N2O3/c22-17-15-16(18(23)25-17)21(12-14-9-5-2-6-10-14)19(24)20(15)11-13-7-3-1-4-8-13;22-18-17-16(13-24-18)20(11-14-7-3-1-4-8-14)19(23)21(17)12-15-9-5-2-6-10-15;1-14-17(18(22)23)21(13-16-10-6-3-7-11-16)19(24)20(14)12-15-8-4-2-5-9-15/h1-10,15-16H,11-12H2;1-10,16-17H,11-13H2;2-11,14,17H,12-13H2,1H3,(H,22,23)/t15-,16?;16?,17-;14?,17-/m000/s1. The van der Waals surface area contributed by atoms with Crippen LogP contribution in [0.15, 0.2) is 182 Å². The summed E-state index contributed by atoms with van der Waals surface area (Å²) in [6.07, 6.45) is 0. The molecule has 5 aliphatic heterocycles. The maximum Gasteiger partial charge on any atom is 0.339 e. The van der Waals surface area contributed by atoms with Gasteiger partial charge >= 0.3 is 42.0 Å². The maximum atomic E-state index is 12.9. The number of ether oxygens (including phenoxy) is 2. The van der Waals surface area contributed by atoms with Crippen LogP contribution in [0.1, 0.15) is 40.3 Å². The van der Waals surface area contributed by atoms with Gasteiger partial charge in [-0.1, -0.05) is 182 Å². The van der Waals surface area contributed by atoms with Gasteiger partial charge in [-0.2, -0.15) is 0 Å². The van der Waals surface area contributed by atoms with E-state index in [1.807, 2.05) is 182 Å². The van der Waals surface area contributed by atoms with Gasteiger partial charge in [0.2, 0.25) is 0 Å². The number of carbonyl (C=O) groups excluding carboxylic acids is 6. The molecule has 5 saturated heterocycles. The SMILES string of the molecule is CC1[C@@H](C(=O)O)N(Cc2ccccc2)C(=O)N1Cc1ccccc1.O=C1OC(=O)[C@@H]2C1N(Cc1ccccc1)C(=O)N2Cc1ccccc1.O=C1OCC2[C@@H]1N(Cc1ccccc1)C(=O)N2Cc1ccccc1. The molecule has 0 spiro atoms. The number of hydrogen-bond acceptors (Lipinski definition) is 9. The van der Waals surface area contributed by atoms with E-state index in [0.29, 0.717) is 26.2 Å². The Kier molecular flexibility index (Phi) is 14.9. The quantitative estimate of drug-likeness (QED) is 0.0911. The average molecular weight is 983 g/mol. The summed E-state index contributed by atoms with van der Waals surface area (Å²) in [5.41, 5.74) is 5.75. The van der Waals surface area contributed by atoms with Crippen molar-refractivity contribution >= 4 is 42.0 Å². The van der Waals surface area contributed by atoms with E-state index in [0.717, 1.165) is 33.4 Å². The number of rotatable bonds is 13. The molecule has 73 heavy (non-hydrogen) atoms. The number of cyclic esters (lactones) is 3. The number of fused-ring (bicyclic) bond motifs is 2. The minimum Gasteiger partial charge on any atom is -0.480 e. The molecule has 0 bridgehead atoms. The molecule has 0 aromatic heterocycles. The van der Waals surface area contributed by atoms with E-state index in [1.54, 1.807) is 21.6 Å². The molecule has 16 heteroatoms. The van der Waals surface area contributed by atoms with Gasteiger partial charge in [-0.3, -0.25) is 0 Å². The van der Waals surface area contributed by atoms with E-state index < -0.39 is 42.1 Å². The van der Waals surface area contributed by atoms with Crippen LogP contribution < -0.4 is 0 Å². The van der Waals surface area contributed by atoms with E-state index in [9.17, 15) is 38.7 Å². The van der Waals surface area contributed by atoms with Gasteiger partial charge in [0.1, 0.15) is 6.61 Å². The number of hydrogen-bond donors (Lipinski definition) is 1. The highest BCUT2D eigenvalue weighted by molar-refractivity contribution is 6.06. The number of amides is 6. The predicted octanol–water partition coefficient (Wildman–Crippen LogP) is 7.33. The van der Waals surface area contributed by atoms with Gasteiger partial charge in [0.05, 0.1) is 12.1 Å². The highest BCUT2D eigenvalue weighted by Crippen LogP contribution is 2.34. The van der Waals surface area contributed by atoms with Crippen LogP contribution in [-0.4, -0.2) is 119 Å². The number of esters is 3. The monoisotopic (exact) mass is 982 g/mol. The molecule has 16 nitrogen and oxygen atoms in total. The molecule has 6 aromatic rings. The van der Waals surface area contributed by atoms with E-state index in [4.69, 9.17) is 9.47 Å². The van der Waals surface area contributed by atoms with E-state index in [1.165, 1.54) is 14.7 Å². The van der Waals surface area contributed by atoms with Crippen LogP contribution >= 0.6 is 0 Å². The molecule has 3 unspecified atom stereocenters. The van der Waals surface area contributed by atoms with Crippen molar-refractivity contribution in [3.05, 3.63) is 215 Å². The van der Waals surface area contributed by atoms with Crippen LogP contribution in [0.25, 0.3) is 0 Å². The lowest BCUT2D eigenvalue weighted by Crippen LogP contribution is -2.41. The Morgan fingerprint density at radius 2 is 0.699 bits per heavy atom. The van der Waals surface area contributed by atoms with Crippen molar-refractivity contribution in [1.82, 2.24) is 29.4 Å². The average Bonchev–Trinajstić information content (AvgIpc) is 4.15. The number of urea groups is 3. The van der Waals surface area contributed by atoms with E-state index >= 15 is 0 Å². The molecule has 5 heterocycles. The van der Waals surface area contributed by atoms with Crippen LogP contribution in [-0.2, 0) is 67.9 Å². The van der Waals surface area contributed by atoms with Crippen molar-refractivity contribution in [3.8, 4) is 0 Å². The minimum absolute atomic E-state index is 0.102. The fraction of sp³-hybridized carbons (Fsp3) is 0.246. The largest absolute Gasteiger partial charge is 0.480 e. The van der Waals surface area contributed by atoms with Crippen molar-refractivity contribution in [2.45, 2.75) is 82.4 Å². The van der Waals surface area contributed by atoms with Crippen molar-refractivity contribution in [1.29, 1.82) is 0 Å². The van der Waals surface area contributed by atoms with Crippen LogP contribution in [0.4, 0.5) is 14.4 Å². The summed E-state index contributed by atoms with van der Waals surface area (Å²) in [5.74, 6) is -2.59. The Morgan fingerprint density at radius 3 is 1.05 bits per heavy atom. The number of carboxylic acids is 1. The summed E-state index contributed by atoms with van der Waals surface area (Å²) < 4.78 is 10.0. The third kappa shape index (κ3) is 10.8. The van der Waals surface area contributed by atoms with Crippen LogP contribution in [0.2, 0.25) is 0 Å². The second kappa shape index (κ2) is 22.1. The summed E-state index contributed by atoms with van der Waals surface area (Å²) in [5, 5.41) is 9.61. The van der Waals surface area contributed by atoms with Gasteiger partial charge in [-0.05, 0) is 40.3 Å². The summed E-state index contributed by atoms with van der Waals surface area (Å²) in [4.78, 5) is 96.2. The van der Waals surface area contributed by atoms with E-state index in [-0.39, 0.29) is 55.8 Å². The third-order valence-corrected chi connectivity index (χ3v) is 13.6. The number of carboxylic acid groups (broad SMARTS) is 1. The van der Waals surface area contributed by atoms with Gasteiger partial charge in [-0.15, -0.1) is 0 Å². The first-order valence-corrected chi connectivity index (χ1v) is 24.1. The van der Waals surface area contributed by atoms with Crippen molar-refractivity contribution in [2.24, 2.45) is 0 Å². The molecular formula is C57H54N6O10. The first-order valence-electron chi connectivity index (χ1n) is 24.1. The smallest absolute Gasteiger partial charge is 0.339 e. The minimum atomic E-state index is -0.970. The molecule has 0 aliphatic carbocycles. The van der Waals surface area contributed by atoms with Gasteiger partial charge in [-0.25, -0.2) is 33.6 Å². The second-order valence-electron chi connectivity index (χ2n) is 18.3. The molecule has 0 radical (unpaired) electrons. The van der Waals surface area contributed by atoms with Gasteiger partial charge in [0.15, 0.2) is 24.2 Å². The first-order chi connectivity index (χ1) is 35.5. The molecular weight excluding hydrogens is 929 g/mol. The lowest BCUT2D eigenvalue weighted by atomic mass is 10.1. The molecule has 0 saturated carbocycles. The molecule has 5 aliphatic rings. The Labute approximate surface area is 422 Å². The zero-order valence-corrected chi connectivity index (χ0v) is 40.0. The fourth-order valence-electron chi connectivity index (χ4n) is 9.97. The zero-order chi connectivity index (χ0) is 51.0. The normalized spacial score (nSPS) is 21.8. The number of carbonyl (C=O) groups is 7. The molecule has 6 atom stereocenters. The van der Waals surface area contributed by atoms with Crippen LogP contribution in [0, 0.1) is 0 Å². The summed E-state index contributed by atoms with van der Waals surface area (Å²) >= 11 is 0. The van der Waals surface area contributed by atoms with Crippen molar-refractivity contribution in [2.75, 3.05) is 6.61 Å². The molecule has 6 aromatic carbocycles. The van der Waals surface area contributed by atoms with E-state index in [2.05, 4.69) is 0 Å². The Morgan fingerprint density at radius 1 is 0.411 bits per heavy atom. The lowest BCUT2D eigenvalue weighted by molar-refractivity contribution is -0.155. The third-order valence-electron chi connectivity index (χ3n) is 13.6. The summed E-state index contributed by atoms with van der Waals surface area (Å²) in [6.45, 7) is 4.20. The molecule has 372 valence electrons. The Balaban J connectivity index is 0.000000135. The highest BCUT2D eigenvalue weighted by atomic mass is 16.6. The fourth-order valence-corrected chi connectivity index (χ4v) is 9.97. The van der Waals surface area contributed by atoms with Crippen LogP contribution in [0.3, 0.4) is 0 Å². The predicted molar refractivity (Wildman–Crippen MR) is 266 cm³/mol. The highest BCUT2D eigenvalue weighted by Gasteiger charge is 2.59. The maximum absolute atomic E-state index is 12.9. The van der Waals surface area contributed by atoms with Gasteiger partial charge in [0, 0.05) is 39.3 Å². The zero-order valence-electron chi connectivity index (χ0n) is 40.0. The molecule has 6 amide bonds. The Hall–Kier alpha value is -8.79. The molecule has 1 N–H and O–H groups in total. The van der Waals surface area contributed by atoms with Crippen molar-refractivity contribution in [3.63, 3.8) is 0 Å². The number of nitrogens with zero attached hydrogens (tertiary/aromatic N) is 6. The molecule has 11 rings (SSSR count). The van der Waals surface area contributed by atoms with Crippen molar-refractivity contribution < 1.29 is 48.1 Å². The van der Waals surface area contributed by atoms with Gasteiger partial charge < -0.3 is 44.0 Å². The summed E-state index contributed by atoms with van der Waals surface area (Å²) in [7, 11) is 0. The topological polar surface area (TPSA) is 178 Å². The van der Waals surface area contributed by atoms with Gasteiger partial charge in [0.25, 0.3) is 0 Å². The number of aliphatic carboxylic acids is 1. The second-order valence-corrected chi connectivity index (χ2v) is 18.3. The number of benzene rings is 6.